The number of fused-ring (bicyclic) bond motifs is 15. The van der Waals surface area contributed by atoms with Gasteiger partial charge in [0.1, 0.15) is 5.78 Å². The van der Waals surface area contributed by atoms with Crippen LogP contribution in [0.1, 0.15) is 322 Å². The zero-order valence-electron chi connectivity index (χ0n) is 69.4. The minimum atomic E-state index is -0.404. The van der Waals surface area contributed by atoms with Crippen molar-refractivity contribution in [3.05, 3.63) is 0 Å². The Labute approximate surface area is 659 Å². The summed E-state index contributed by atoms with van der Waals surface area (Å²) in [6.45, 7) is 29.2. The summed E-state index contributed by atoms with van der Waals surface area (Å²) >= 11 is 0. The molecule has 0 saturated heterocycles. The maximum atomic E-state index is 12.6. The number of aliphatic hydroxyl groups is 9. The van der Waals surface area contributed by atoms with Crippen molar-refractivity contribution in [2.24, 2.45) is 139 Å². The number of unbranched alkanes of at least 4 members (excludes halogenated alkanes) is 2. The Morgan fingerprint density at radius 2 is 0.642 bits per heavy atom. The second kappa shape index (κ2) is 38.1. The predicted molar refractivity (Wildman–Crippen MR) is 430 cm³/mol. The normalized spacial score (nSPS) is 44.3. The van der Waals surface area contributed by atoms with Crippen LogP contribution in [-0.4, -0.2) is 156 Å². The van der Waals surface area contributed by atoms with Gasteiger partial charge < -0.3 is 67.2 Å². The molecule has 24 unspecified atom stereocenters. The molecule has 18 nitrogen and oxygen atoms in total. The standard InChI is InChI=1S/C33H57NO5.C30H52N2O5.C27H47NO4.CH4/c1-5-6-7-9-23(35)10-8-17-34-30(39)14-11-21(2)25-12-13-26-31-27(20-29(38)33(25,26)4)32(3)16-15-24(36)18-22(32)19-28(31)37;1-5-13-31-27(37)11-14-32-26(36)9-6-18(2)21-7-8-22-28-23(17-25(35)30(21,22)4)29(3)12-10-20(33)15-19(29)16-24(28)34;1-5-12-28-24(32)9-6-16(2)19-7-8-20-25-21(15-23(31)27(19,20)4)26(3)11-10-18(29)13-17(26)14-22(25)30;/h21-22,24-29,31,36-38H,5-20H2,1-4H3,(H,34,39);18-25,28,33-35H,5-17H2,1-4H3,(H,31,37)(H,32,36);16-23,25,29-31H,5-15H2,1-4H3,(H,28,32);1H4/t21-,22?,24?,25?,26?,27?,28?,29?,31?,32+,33-;18-,19?,20?,21?,22?,23?,24?,25?,28?,29+,30-;16-,17?,18?,19?,20?,21?,22?,23?,25?,26+,27-;/m111./s1. The van der Waals surface area contributed by atoms with E-state index in [1.54, 1.807) is 0 Å². The Morgan fingerprint density at radius 1 is 0.339 bits per heavy atom. The van der Waals surface area contributed by atoms with Crippen LogP contribution in [0.4, 0.5) is 0 Å². The van der Waals surface area contributed by atoms with Crippen LogP contribution in [0, 0.1) is 139 Å². The van der Waals surface area contributed by atoms with Crippen molar-refractivity contribution in [2.45, 2.75) is 377 Å². The molecule has 0 spiro atoms. The van der Waals surface area contributed by atoms with Crippen molar-refractivity contribution in [3.63, 3.8) is 0 Å². The Morgan fingerprint density at radius 3 is 0.963 bits per heavy atom. The van der Waals surface area contributed by atoms with Gasteiger partial charge in [0.2, 0.25) is 23.6 Å². The molecule has 0 aliphatic heterocycles. The summed E-state index contributed by atoms with van der Waals surface area (Å²) in [7, 11) is 0. The number of amides is 4. The van der Waals surface area contributed by atoms with Crippen LogP contribution >= 0.6 is 0 Å². The highest BCUT2D eigenvalue weighted by Gasteiger charge is 2.69. The van der Waals surface area contributed by atoms with Gasteiger partial charge in [-0.25, -0.2) is 0 Å². The number of hydrogen-bond acceptors (Lipinski definition) is 14. The SMILES string of the molecule is C.CCCCCC(=O)CCCNC(=O)CC[C@@H](C)C1CCC2C3C(O)CC4CC(O)CC[C@]4(C)C3CC(O)[C@@]21C.CCCNC(=O)CCNC(=O)CC[C@@H](C)C1CCC2C3C(O)CC4CC(O)CC[C@]4(C)C3CC(O)[C@@]21C.CCCNC(=O)CC[C@@H](C)C1CCC2C3C(O)CC4CC(O)CC[C@]4(C)C3CC(O)[C@@]21C. The predicted octanol–water partition coefficient (Wildman–Crippen LogP) is 13.3. The Bertz CT molecular complexity index is 2960. The molecule has 13 N–H and O–H groups in total. The Balaban J connectivity index is 0.000000188. The van der Waals surface area contributed by atoms with Crippen LogP contribution < -0.4 is 21.3 Å². The van der Waals surface area contributed by atoms with Crippen LogP contribution in [0.15, 0.2) is 0 Å². The summed E-state index contributed by atoms with van der Waals surface area (Å²) in [5.41, 5.74) is -0.361. The Hall–Kier alpha value is -2.81. The van der Waals surface area contributed by atoms with Crippen LogP contribution in [0.5, 0.6) is 0 Å². The maximum absolute atomic E-state index is 12.6. The molecule has 12 aliphatic carbocycles. The van der Waals surface area contributed by atoms with Crippen molar-refractivity contribution in [1.82, 2.24) is 21.3 Å². The van der Waals surface area contributed by atoms with Crippen LogP contribution in [0.2, 0.25) is 0 Å². The van der Waals surface area contributed by atoms with Crippen molar-refractivity contribution in [2.75, 3.05) is 26.2 Å². The third-order valence-corrected chi connectivity index (χ3v) is 34.9. The molecular formula is C91H160N4O14. The van der Waals surface area contributed by atoms with E-state index < -0.39 is 12.2 Å². The minimum Gasteiger partial charge on any atom is -0.393 e. The number of carbonyl (C=O) groups excluding carboxylic acids is 5. The van der Waals surface area contributed by atoms with Crippen LogP contribution in [0.3, 0.4) is 0 Å². The van der Waals surface area contributed by atoms with E-state index in [9.17, 15) is 69.9 Å². The topological polar surface area (TPSA) is 316 Å². The number of aliphatic hydroxyl groups excluding tert-OH is 9. The number of rotatable bonds is 27. The highest BCUT2D eigenvalue weighted by molar-refractivity contribution is 5.79. The van der Waals surface area contributed by atoms with E-state index in [-0.39, 0.29) is 124 Å². The summed E-state index contributed by atoms with van der Waals surface area (Å²) in [4.78, 5) is 60.9. The quantitative estimate of drug-likeness (QED) is 0.0340. The van der Waals surface area contributed by atoms with Gasteiger partial charge in [0, 0.05) is 64.7 Å². The molecule has 0 radical (unpaired) electrons. The molecule has 0 aromatic heterocycles. The summed E-state index contributed by atoms with van der Waals surface area (Å²) in [5, 5.41) is 112. The lowest BCUT2D eigenvalue weighted by Crippen LogP contribution is -2.62. The van der Waals surface area contributed by atoms with Crippen molar-refractivity contribution >= 4 is 29.4 Å². The smallest absolute Gasteiger partial charge is 0.221 e. The average molecular weight is 1530 g/mol. The highest BCUT2D eigenvalue weighted by Crippen LogP contribution is 2.72. The second-order valence-electron chi connectivity index (χ2n) is 40.4. The first-order valence-electron chi connectivity index (χ1n) is 44.9. The van der Waals surface area contributed by atoms with Gasteiger partial charge in [-0.3, -0.25) is 24.0 Å². The fourth-order valence-electron chi connectivity index (χ4n) is 28.5. The van der Waals surface area contributed by atoms with E-state index in [1.165, 1.54) is 0 Å². The van der Waals surface area contributed by atoms with Crippen molar-refractivity contribution < 1.29 is 69.9 Å². The van der Waals surface area contributed by atoms with E-state index in [4.69, 9.17) is 0 Å². The van der Waals surface area contributed by atoms with Gasteiger partial charge in [-0.2, -0.15) is 0 Å². The number of nitrogens with one attached hydrogen (secondary N) is 4. The molecule has 109 heavy (non-hydrogen) atoms. The van der Waals surface area contributed by atoms with E-state index in [0.717, 1.165) is 193 Å². The van der Waals surface area contributed by atoms with E-state index in [2.05, 4.69) is 97.4 Å². The molecule has 4 amide bonds. The average Bonchev–Trinajstić information content (AvgIpc) is 1.67. The number of carbonyl (C=O) groups is 5. The van der Waals surface area contributed by atoms with Gasteiger partial charge >= 0.3 is 0 Å². The fraction of sp³-hybridized carbons (Fsp3) is 0.945. The summed E-state index contributed by atoms with van der Waals surface area (Å²) in [5.74, 6) is 6.15. The summed E-state index contributed by atoms with van der Waals surface area (Å²) in [6.07, 6.45) is 27.1. The number of Topliss-reactive ketones (excluding diaryl/α,β-unsaturated/α-hetero) is 1. The number of hydrogen-bond donors (Lipinski definition) is 13. The zero-order chi connectivity index (χ0) is 78.6. The van der Waals surface area contributed by atoms with Crippen molar-refractivity contribution in [3.8, 4) is 0 Å². The molecular weight excluding hydrogens is 1370 g/mol. The van der Waals surface area contributed by atoms with Gasteiger partial charge in [0.05, 0.1) is 54.9 Å². The molecule has 12 aliphatic rings. The van der Waals surface area contributed by atoms with Crippen LogP contribution in [-0.2, 0) is 24.0 Å². The van der Waals surface area contributed by atoms with Crippen LogP contribution in [0.25, 0.3) is 0 Å². The molecule has 628 valence electrons. The monoisotopic (exact) mass is 1530 g/mol. The van der Waals surface area contributed by atoms with Crippen molar-refractivity contribution in [1.29, 1.82) is 0 Å². The lowest BCUT2D eigenvalue weighted by Gasteiger charge is -2.63. The van der Waals surface area contributed by atoms with Gasteiger partial charge in [-0.05, 0) is 319 Å². The van der Waals surface area contributed by atoms with Gasteiger partial charge in [0.15, 0.2) is 0 Å². The molecule has 0 aromatic carbocycles. The summed E-state index contributed by atoms with van der Waals surface area (Å²) < 4.78 is 0. The summed E-state index contributed by atoms with van der Waals surface area (Å²) in [6, 6.07) is 0. The number of ketones is 1. The van der Waals surface area contributed by atoms with E-state index >= 15 is 0 Å². The van der Waals surface area contributed by atoms with Gasteiger partial charge in [-0.15, -0.1) is 0 Å². The molecule has 0 bridgehead atoms. The maximum Gasteiger partial charge on any atom is 0.221 e. The minimum absolute atomic E-state index is 0. The van der Waals surface area contributed by atoms with E-state index in [0.29, 0.717) is 159 Å². The van der Waals surface area contributed by atoms with Gasteiger partial charge in [-0.1, -0.05) is 103 Å². The molecule has 12 rings (SSSR count). The first-order chi connectivity index (χ1) is 51.2. The Kier molecular flexibility index (Phi) is 31.5. The first-order valence-corrected chi connectivity index (χ1v) is 44.9. The second-order valence-corrected chi connectivity index (χ2v) is 40.4. The molecule has 18 heteroatoms. The lowest BCUT2D eigenvalue weighted by molar-refractivity contribution is -0.207. The third kappa shape index (κ3) is 18.6. The van der Waals surface area contributed by atoms with E-state index in [1.807, 2.05) is 6.92 Å². The molecule has 12 saturated carbocycles. The lowest BCUT2D eigenvalue weighted by atomic mass is 9.43. The molecule has 12 fully saturated rings. The molecule has 33 atom stereocenters. The molecule has 0 heterocycles. The third-order valence-electron chi connectivity index (χ3n) is 34.9. The van der Waals surface area contributed by atoms with Gasteiger partial charge in [0.25, 0.3) is 0 Å². The first kappa shape index (κ1) is 90.1. The largest absolute Gasteiger partial charge is 0.393 e. The fourth-order valence-corrected chi connectivity index (χ4v) is 28.5. The zero-order valence-corrected chi connectivity index (χ0v) is 69.4. The molecule has 0 aromatic rings. The highest BCUT2D eigenvalue weighted by atomic mass is 16.3.